The molecule has 8 nitrogen and oxygen atoms in total. The Balaban J connectivity index is 2.32. The van der Waals surface area contributed by atoms with Crippen LogP contribution in [0.5, 0.6) is 5.75 Å². The van der Waals surface area contributed by atoms with E-state index >= 15 is 0 Å². The molecule has 0 radical (unpaired) electrons. The van der Waals surface area contributed by atoms with Crippen molar-refractivity contribution >= 4 is 28.9 Å². The molecule has 0 saturated carbocycles. The van der Waals surface area contributed by atoms with Crippen molar-refractivity contribution in [2.24, 2.45) is 0 Å². The summed E-state index contributed by atoms with van der Waals surface area (Å²) < 4.78 is 0. The smallest absolute Gasteiger partial charge is 0.296 e. The Morgan fingerprint density at radius 1 is 1.35 bits per heavy atom. The average Bonchev–Trinajstić information content (AvgIpc) is 2.41. The van der Waals surface area contributed by atoms with Crippen molar-refractivity contribution in [3.05, 3.63) is 51.6 Å². The summed E-state index contributed by atoms with van der Waals surface area (Å²) in [5.41, 5.74) is -0.827. The van der Waals surface area contributed by atoms with Crippen LogP contribution >= 0.6 is 11.6 Å². The topological polar surface area (TPSA) is 118 Å². The number of phenols is 1. The van der Waals surface area contributed by atoms with Crippen molar-refractivity contribution in [1.82, 2.24) is 9.97 Å². The number of carbonyl (C=O) groups excluding carboxylic acids is 1. The van der Waals surface area contributed by atoms with Crippen LogP contribution in [0.15, 0.2) is 30.6 Å². The number of carbonyl (C=O) groups is 1. The molecule has 0 aliphatic rings. The van der Waals surface area contributed by atoms with E-state index in [-0.39, 0.29) is 16.5 Å². The van der Waals surface area contributed by atoms with Gasteiger partial charge in [-0.1, -0.05) is 17.7 Å². The molecule has 0 bridgehead atoms. The van der Waals surface area contributed by atoms with Gasteiger partial charge >= 0.3 is 0 Å². The Labute approximate surface area is 117 Å². The number of nitro benzene ring substituents is 1. The minimum atomic E-state index is -0.751. The van der Waals surface area contributed by atoms with Crippen LogP contribution in [0.25, 0.3) is 0 Å². The highest BCUT2D eigenvalue weighted by Crippen LogP contribution is 2.33. The highest BCUT2D eigenvalue weighted by Gasteiger charge is 2.20. The van der Waals surface area contributed by atoms with Crippen LogP contribution in [0.4, 0.5) is 11.4 Å². The lowest BCUT2D eigenvalue weighted by Crippen LogP contribution is -2.15. The number of aromatic hydroxyl groups is 1. The molecule has 0 unspecified atom stereocenters. The molecule has 1 heterocycles. The number of halogens is 1. The third-order valence-electron chi connectivity index (χ3n) is 2.31. The number of benzene rings is 1. The van der Waals surface area contributed by atoms with Crippen molar-refractivity contribution in [2.45, 2.75) is 0 Å². The summed E-state index contributed by atoms with van der Waals surface area (Å²) in [5, 5.41) is 22.8. The van der Waals surface area contributed by atoms with E-state index in [1.54, 1.807) is 0 Å². The maximum absolute atomic E-state index is 11.9. The van der Waals surface area contributed by atoms with Crippen LogP contribution in [0.2, 0.25) is 5.15 Å². The number of nitrogens with zero attached hydrogens (tertiary/aromatic N) is 3. The zero-order chi connectivity index (χ0) is 14.7. The van der Waals surface area contributed by atoms with Gasteiger partial charge in [0.1, 0.15) is 16.6 Å². The summed E-state index contributed by atoms with van der Waals surface area (Å²) in [7, 11) is 0. The molecule has 102 valence electrons. The summed E-state index contributed by atoms with van der Waals surface area (Å²) in [6.07, 6.45) is 2.28. The Morgan fingerprint density at radius 2 is 2.10 bits per heavy atom. The molecule has 1 aromatic carbocycles. The fourth-order valence-corrected chi connectivity index (χ4v) is 1.51. The van der Waals surface area contributed by atoms with Gasteiger partial charge in [0, 0.05) is 6.07 Å². The Hall–Kier alpha value is -2.74. The number of amides is 1. The van der Waals surface area contributed by atoms with Crippen LogP contribution in [-0.4, -0.2) is 25.9 Å². The van der Waals surface area contributed by atoms with Gasteiger partial charge in [0.15, 0.2) is 5.69 Å². The lowest BCUT2D eigenvalue weighted by Gasteiger charge is -2.07. The molecule has 0 aliphatic heterocycles. The molecule has 2 rings (SSSR count). The Kier molecular flexibility index (Phi) is 3.76. The van der Waals surface area contributed by atoms with Gasteiger partial charge in [-0.2, -0.15) is 0 Å². The van der Waals surface area contributed by atoms with E-state index in [0.29, 0.717) is 0 Å². The predicted molar refractivity (Wildman–Crippen MR) is 69.8 cm³/mol. The molecule has 2 aromatic rings. The van der Waals surface area contributed by atoms with Gasteiger partial charge in [-0.25, -0.2) is 9.97 Å². The van der Waals surface area contributed by atoms with Crippen molar-refractivity contribution in [3.63, 3.8) is 0 Å². The molecule has 0 fully saturated rings. The number of phenolic OH excluding ortho intramolecular Hbond substituents is 1. The van der Waals surface area contributed by atoms with Crippen LogP contribution in [0.3, 0.4) is 0 Å². The zero-order valence-corrected chi connectivity index (χ0v) is 10.5. The van der Waals surface area contributed by atoms with Gasteiger partial charge in [0.25, 0.3) is 11.6 Å². The standard InChI is InChI=1S/C11H7ClN4O4/c12-9-5-13-6(4-14-9)11(18)15-10-7(16(19)20)2-1-3-8(10)17/h1-5,17H,(H,15,18). The lowest BCUT2D eigenvalue weighted by molar-refractivity contribution is -0.384. The van der Waals surface area contributed by atoms with E-state index in [1.165, 1.54) is 12.1 Å². The van der Waals surface area contributed by atoms with Crippen LogP contribution in [0.1, 0.15) is 10.5 Å². The molecule has 2 N–H and O–H groups in total. The van der Waals surface area contributed by atoms with Gasteiger partial charge in [-0.15, -0.1) is 0 Å². The first-order valence-electron chi connectivity index (χ1n) is 5.24. The van der Waals surface area contributed by atoms with Gasteiger partial charge < -0.3 is 10.4 Å². The van der Waals surface area contributed by atoms with E-state index in [4.69, 9.17) is 11.6 Å². The number of aromatic nitrogens is 2. The van der Waals surface area contributed by atoms with Gasteiger partial charge in [0.2, 0.25) is 0 Å². The third-order valence-corrected chi connectivity index (χ3v) is 2.50. The predicted octanol–water partition coefficient (Wildman–Crippen LogP) is 2.00. The Bertz CT molecular complexity index is 675. The van der Waals surface area contributed by atoms with E-state index in [2.05, 4.69) is 15.3 Å². The number of para-hydroxylation sites is 1. The van der Waals surface area contributed by atoms with Crippen molar-refractivity contribution < 1.29 is 14.8 Å². The third kappa shape index (κ3) is 2.81. The van der Waals surface area contributed by atoms with E-state index in [0.717, 1.165) is 18.5 Å². The Morgan fingerprint density at radius 3 is 2.70 bits per heavy atom. The first kappa shape index (κ1) is 13.7. The maximum atomic E-state index is 11.9. The lowest BCUT2D eigenvalue weighted by atomic mass is 10.2. The number of nitro groups is 1. The molecule has 0 spiro atoms. The second-order valence-electron chi connectivity index (χ2n) is 3.61. The minimum Gasteiger partial charge on any atom is -0.505 e. The van der Waals surface area contributed by atoms with Gasteiger partial charge in [-0.05, 0) is 6.07 Å². The summed E-state index contributed by atoms with van der Waals surface area (Å²) in [6.45, 7) is 0. The number of rotatable bonds is 3. The molecule has 9 heteroatoms. The van der Waals surface area contributed by atoms with Crippen LogP contribution < -0.4 is 5.32 Å². The fraction of sp³-hybridized carbons (Fsp3) is 0. The molecule has 0 saturated heterocycles. The van der Waals surface area contributed by atoms with Crippen LogP contribution in [-0.2, 0) is 0 Å². The number of anilines is 1. The SMILES string of the molecule is O=C(Nc1c(O)cccc1[N+](=O)[O-])c1cnc(Cl)cn1. The summed E-state index contributed by atoms with van der Waals surface area (Å²) in [5.74, 6) is -1.17. The van der Waals surface area contributed by atoms with Crippen molar-refractivity contribution in [2.75, 3.05) is 5.32 Å². The molecule has 1 aromatic heterocycles. The number of nitrogens with one attached hydrogen (secondary N) is 1. The minimum absolute atomic E-state index is 0.0908. The highest BCUT2D eigenvalue weighted by atomic mass is 35.5. The van der Waals surface area contributed by atoms with Crippen molar-refractivity contribution in [1.29, 1.82) is 0 Å². The molecule has 0 atom stereocenters. The van der Waals surface area contributed by atoms with E-state index in [1.807, 2.05) is 0 Å². The van der Waals surface area contributed by atoms with E-state index in [9.17, 15) is 20.0 Å². The molecule has 0 aliphatic carbocycles. The molecular formula is C11H7ClN4O4. The molecular weight excluding hydrogens is 288 g/mol. The van der Waals surface area contributed by atoms with Gasteiger partial charge in [-0.3, -0.25) is 14.9 Å². The maximum Gasteiger partial charge on any atom is 0.296 e. The zero-order valence-electron chi connectivity index (χ0n) is 9.78. The highest BCUT2D eigenvalue weighted by molar-refractivity contribution is 6.29. The summed E-state index contributed by atoms with van der Waals surface area (Å²) >= 11 is 5.53. The quantitative estimate of drug-likeness (QED) is 0.507. The molecule has 1 amide bonds. The van der Waals surface area contributed by atoms with Crippen LogP contribution in [0, 0.1) is 10.1 Å². The summed E-state index contributed by atoms with van der Waals surface area (Å²) in [6, 6.07) is 3.67. The normalized spacial score (nSPS) is 10.1. The van der Waals surface area contributed by atoms with E-state index < -0.39 is 22.3 Å². The average molecular weight is 295 g/mol. The second kappa shape index (κ2) is 5.49. The fourth-order valence-electron chi connectivity index (χ4n) is 1.42. The number of hydrogen-bond acceptors (Lipinski definition) is 6. The second-order valence-corrected chi connectivity index (χ2v) is 3.99. The number of hydrogen-bond donors (Lipinski definition) is 2. The molecule has 20 heavy (non-hydrogen) atoms. The monoisotopic (exact) mass is 294 g/mol. The summed E-state index contributed by atoms with van der Waals surface area (Å²) in [4.78, 5) is 29.4. The van der Waals surface area contributed by atoms with Crippen molar-refractivity contribution in [3.8, 4) is 5.75 Å². The largest absolute Gasteiger partial charge is 0.505 e. The first-order chi connectivity index (χ1) is 9.49. The van der Waals surface area contributed by atoms with Gasteiger partial charge in [0.05, 0.1) is 17.3 Å². The first-order valence-corrected chi connectivity index (χ1v) is 5.62.